The highest BCUT2D eigenvalue weighted by atomic mass is 16.5. The molecule has 2 N–H and O–H groups in total. The van der Waals surface area contributed by atoms with Gasteiger partial charge in [0.1, 0.15) is 17.3 Å². The van der Waals surface area contributed by atoms with Crippen molar-refractivity contribution in [3.8, 4) is 22.9 Å². The van der Waals surface area contributed by atoms with Gasteiger partial charge in [0.05, 0.1) is 14.2 Å². The summed E-state index contributed by atoms with van der Waals surface area (Å²) in [6.07, 6.45) is 2.32. The van der Waals surface area contributed by atoms with E-state index in [4.69, 9.17) is 9.47 Å². The lowest BCUT2D eigenvalue weighted by molar-refractivity contribution is 0.394. The highest BCUT2D eigenvalue weighted by Crippen LogP contribution is 2.29. The monoisotopic (exact) mass is 288 g/mol. The average Bonchev–Trinajstić information content (AvgIpc) is 3.05. The van der Waals surface area contributed by atoms with Gasteiger partial charge in [-0.05, 0) is 31.5 Å². The maximum atomic E-state index is 5.29. The van der Waals surface area contributed by atoms with Crippen LogP contribution in [0.1, 0.15) is 24.6 Å². The van der Waals surface area contributed by atoms with Crippen molar-refractivity contribution in [2.75, 3.05) is 27.3 Å². The topological polar surface area (TPSA) is 72.1 Å². The van der Waals surface area contributed by atoms with E-state index in [2.05, 4.69) is 20.5 Å². The summed E-state index contributed by atoms with van der Waals surface area (Å²) >= 11 is 0. The Hall–Kier alpha value is -2.08. The zero-order chi connectivity index (χ0) is 14.7. The number of ether oxygens (including phenoxy) is 2. The van der Waals surface area contributed by atoms with E-state index in [0.29, 0.717) is 11.7 Å². The second-order valence-corrected chi connectivity index (χ2v) is 5.19. The van der Waals surface area contributed by atoms with Crippen molar-refractivity contribution in [1.29, 1.82) is 0 Å². The van der Waals surface area contributed by atoms with Crippen molar-refractivity contribution in [1.82, 2.24) is 20.5 Å². The van der Waals surface area contributed by atoms with E-state index < -0.39 is 0 Å². The first-order valence-electron chi connectivity index (χ1n) is 7.16. The highest BCUT2D eigenvalue weighted by molar-refractivity contribution is 5.60. The van der Waals surface area contributed by atoms with E-state index in [1.807, 2.05) is 18.2 Å². The molecule has 1 aromatic heterocycles. The van der Waals surface area contributed by atoms with E-state index in [-0.39, 0.29) is 0 Å². The van der Waals surface area contributed by atoms with Gasteiger partial charge in [-0.3, -0.25) is 5.10 Å². The lowest BCUT2D eigenvalue weighted by Gasteiger charge is -2.20. The van der Waals surface area contributed by atoms with Crippen LogP contribution >= 0.6 is 0 Å². The maximum absolute atomic E-state index is 5.29. The zero-order valence-electron chi connectivity index (χ0n) is 12.3. The molecule has 1 aliphatic heterocycles. The molecule has 3 rings (SSSR count). The van der Waals surface area contributed by atoms with Crippen molar-refractivity contribution in [3.05, 3.63) is 24.0 Å². The lowest BCUT2D eigenvalue weighted by atomic mass is 9.99. The van der Waals surface area contributed by atoms with Crippen molar-refractivity contribution >= 4 is 0 Å². The van der Waals surface area contributed by atoms with Crippen LogP contribution in [0.25, 0.3) is 11.4 Å². The molecule has 0 aliphatic carbocycles. The standard InChI is InChI=1S/C15H20N4O2/c1-20-12-6-11(7-13(8-12)21-2)15-17-14(18-19-15)10-4-3-5-16-9-10/h6-8,10,16H,3-5,9H2,1-2H3,(H,17,18,19). The normalized spacial score (nSPS) is 18.5. The molecule has 6 nitrogen and oxygen atoms in total. The van der Waals surface area contributed by atoms with Gasteiger partial charge in [-0.25, -0.2) is 4.98 Å². The lowest BCUT2D eigenvalue weighted by Crippen LogP contribution is -2.28. The minimum Gasteiger partial charge on any atom is -0.497 e. The molecule has 1 unspecified atom stereocenters. The molecule has 1 aliphatic rings. The number of nitrogens with one attached hydrogen (secondary N) is 2. The van der Waals surface area contributed by atoms with Crippen molar-refractivity contribution in [2.24, 2.45) is 0 Å². The molecule has 6 heteroatoms. The Labute approximate surface area is 123 Å². The largest absolute Gasteiger partial charge is 0.497 e. The summed E-state index contributed by atoms with van der Waals surface area (Å²) in [5, 5.41) is 10.8. The molecular weight excluding hydrogens is 268 g/mol. The molecule has 21 heavy (non-hydrogen) atoms. The third-order valence-electron chi connectivity index (χ3n) is 3.80. The molecule has 2 aromatic rings. The number of aromatic nitrogens is 3. The summed E-state index contributed by atoms with van der Waals surface area (Å²) in [6, 6.07) is 5.66. The predicted molar refractivity (Wildman–Crippen MR) is 79.8 cm³/mol. The van der Waals surface area contributed by atoms with Crippen molar-refractivity contribution < 1.29 is 9.47 Å². The molecule has 2 heterocycles. The Morgan fingerprint density at radius 1 is 1.14 bits per heavy atom. The molecule has 112 valence electrons. The van der Waals surface area contributed by atoms with Gasteiger partial charge in [0, 0.05) is 24.1 Å². The molecule has 0 amide bonds. The van der Waals surface area contributed by atoms with Crippen LogP contribution in [0.4, 0.5) is 0 Å². The number of methoxy groups -OCH3 is 2. The Morgan fingerprint density at radius 2 is 1.90 bits per heavy atom. The van der Waals surface area contributed by atoms with E-state index in [0.717, 1.165) is 42.4 Å². The van der Waals surface area contributed by atoms with E-state index in [1.54, 1.807) is 14.2 Å². The van der Waals surface area contributed by atoms with Crippen LogP contribution in [0.15, 0.2) is 18.2 Å². The maximum Gasteiger partial charge on any atom is 0.181 e. The third-order valence-corrected chi connectivity index (χ3v) is 3.80. The first kappa shape index (κ1) is 13.9. The molecular formula is C15H20N4O2. The Kier molecular flexibility index (Phi) is 4.06. The molecule has 0 spiro atoms. The van der Waals surface area contributed by atoms with Gasteiger partial charge in [0.2, 0.25) is 0 Å². The second-order valence-electron chi connectivity index (χ2n) is 5.19. The fraction of sp³-hybridized carbons (Fsp3) is 0.467. The molecule has 1 aromatic carbocycles. The Bertz CT molecular complexity index is 583. The summed E-state index contributed by atoms with van der Waals surface area (Å²) in [7, 11) is 3.27. The number of piperidine rings is 1. The number of hydrogen-bond donors (Lipinski definition) is 2. The molecule has 0 saturated carbocycles. The van der Waals surface area contributed by atoms with Crippen LogP contribution in [0.5, 0.6) is 11.5 Å². The van der Waals surface area contributed by atoms with Gasteiger partial charge in [0.25, 0.3) is 0 Å². The van der Waals surface area contributed by atoms with E-state index >= 15 is 0 Å². The quantitative estimate of drug-likeness (QED) is 0.899. The molecule has 0 bridgehead atoms. The van der Waals surface area contributed by atoms with Crippen LogP contribution in [0, 0.1) is 0 Å². The van der Waals surface area contributed by atoms with Gasteiger partial charge in [-0.15, -0.1) is 0 Å². The average molecular weight is 288 g/mol. The number of hydrogen-bond acceptors (Lipinski definition) is 5. The number of rotatable bonds is 4. The number of benzene rings is 1. The van der Waals surface area contributed by atoms with Crippen LogP contribution in [-0.4, -0.2) is 42.5 Å². The molecule has 0 radical (unpaired) electrons. The first-order valence-corrected chi connectivity index (χ1v) is 7.16. The molecule has 1 fully saturated rings. The molecule has 1 atom stereocenters. The van der Waals surface area contributed by atoms with Crippen LogP contribution in [-0.2, 0) is 0 Å². The van der Waals surface area contributed by atoms with E-state index in [1.165, 1.54) is 6.42 Å². The number of nitrogens with zero attached hydrogens (tertiary/aromatic N) is 2. The zero-order valence-corrected chi connectivity index (χ0v) is 12.3. The Balaban J connectivity index is 1.88. The fourth-order valence-corrected chi connectivity index (χ4v) is 2.61. The second kappa shape index (κ2) is 6.13. The van der Waals surface area contributed by atoms with Crippen molar-refractivity contribution in [2.45, 2.75) is 18.8 Å². The molecule has 1 saturated heterocycles. The van der Waals surface area contributed by atoms with Gasteiger partial charge >= 0.3 is 0 Å². The van der Waals surface area contributed by atoms with Crippen molar-refractivity contribution in [3.63, 3.8) is 0 Å². The summed E-state index contributed by atoms with van der Waals surface area (Å²) in [5.41, 5.74) is 0.887. The summed E-state index contributed by atoms with van der Waals surface area (Å²) in [4.78, 5) is 4.64. The van der Waals surface area contributed by atoms with E-state index in [9.17, 15) is 0 Å². The predicted octanol–water partition coefficient (Wildman–Crippen LogP) is 1.96. The minimum absolute atomic E-state index is 0.410. The van der Waals surface area contributed by atoms with Crippen LogP contribution in [0.3, 0.4) is 0 Å². The first-order chi connectivity index (χ1) is 10.3. The fourth-order valence-electron chi connectivity index (χ4n) is 2.61. The third kappa shape index (κ3) is 3.00. The smallest absolute Gasteiger partial charge is 0.181 e. The van der Waals surface area contributed by atoms with Gasteiger partial charge < -0.3 is 14.8 Å². The SMILES string of the molecule is COc1cc(OC)cc(-c2n[nH]c(C3CCCNC3)n2)c1. The number of aromatic amines is 1. The highest BCUT2D eigenvalue weighted by Gasteiger charge is 2.19. The van der Waals surface area contributed by atoms with Gasteiger partial charge in [-0.1, -0.05) is 0 Å². The minimum atomic E-state index is 0.410. The van der Waals surface area contributed by atoms with Crippen LogP contribution in [0.2, 0.25) is 0 Å². The summed E-state index contributed by atoms with van der Waals surface area (Å²) in [6.45, 7) is 2.04. The summed E-state index contributed by atoms with van der Waals surface area (Å²) < 4.78 is 10.6. The van der Waals surface area contributed by atoms with Gasteiger partial charge in [0.15, 0.2) is 5.82 Å². The Morgan fingerprint density at radius 3 is 2.52 bits per heavy atom. The van der Waals surface area contributed by atoms with Crippen LogP contribution < -0.4 is 14.8 Å². The van der Waals surface area contributed by atoms with Gasteiger partial charge in [-0.2, -0.15) is 5.10 Å². The summed E-state index contributed by atoms with van der Waals surface area (Å²) in [5.74, 6) is 3.49. The number of H-pyrrole nitrogens is 1.